The Kier molecular flexibility index (Phi) is 3.68. The lowest BCUT2D eigenvalue weighted by Gasteiger charge is -2.01. The fraction of sp³-hybridized carbons (Fsp3) is 0.625. The molecular weight excluding hydrogens is 259 g/mol. The van der Waals surface area contributed by atoms with Gasteiger partial charge in [-0.2, -0.15) is 5.10 Å². The van der Waals surface area contributed by atoms with Gasteiger partial charge in [0.1, 0.15) is 10.0 Å². The average molecular weight is 271 g/mol. The molecule has 0 spiro atoms. The second-order valence-electron chi connectivity index (χ2n) is 3.41. The van der Waals surface area contributed by atoms with Gasteiger partial charge in [-0.15, -0.1) is 0 Å². The normalized spacial score (nSPS) is 12.4. The quantitative estimate of drug-likeness (QED) is 0.794. The number of nitrogens with zero attached hydrogens (tertiary/aromatic N) is 2. The van der Waals surface area contributed by atoms with Crippen LogP contribution < -0.4 is 0 Å². The summed E-state index contributed by atoms with van der Waals surface area (Å²) in [6.45, 7) is 6.01. The van der Waals surface area contributed by atoms with Crippen molar-refractivity contribution in [3.05, 3.63) is 10.8 Å². The maximum atomic E-state index is 11.3. The van der Waals surface area contributed by atoms with Gasteiger partial charge in [0.25, 0.3) is 9.05 Å². The van der Waals surface area contributed by atoms with Gasteiger partial charge in [-0.05, 0) is 12.8 Å². The molecule has 0 N–H and O–H groups in total. The van der Waals surface area contributed by atoms with Crippen LogP contribution in [0.5, 0.6) is 0 Å². The van der Waals surface area contributed by atoms with Crippen molar-refractivity contribution < 1.29 is 8.42 Å². The molecule has 15 heavy (non-hydrogen) atoms. The average Bonchev–Trinajstić information content (AvgIpc) is 2.41. The van der Waals surface area contributed by atoms with Crippen LogP contribution in [0.4, 0.5) is 0 Å². The van der Waals surface area contributed by atoms with E-state index in [0.29, 0.717) is 12.2 Å². The molecule has 0 radical (unpaired) electrons. The van der Waals surface area contributed by atoms with Gasteiger partial charge in [-0.1, -0.05) is 25.4 Å². The third-order valence-electron chi connectivity index (χ3n) is 1.97. The summed E-state index contributed by atoms with van der Waals surface area (Å²) in [5, 5.41) is 4.20. The molecular formula is C8H12Cl2N2O2S. The third-order valence-corrected chi connectivity index (χ3v) is 3.81. The molecule has 0 bridgehead atoms. The molecule has 4 nitrogen and oxygen atoms in total. The van der Waals surface area contributed by atoms with Gasteiger partial charge in [-0.3, -0.25) is 4.68 Å². The van der Waals surface area contributed by atoms with Crippen molar-refractivity contribution in [1.82, 2.24) is 9.78 Å². The summed E-state index contributed by atoms with van der Waals surface area (Å²) in [5.41, 5.74) is 0.414. The zero-order chi connectivity index (χ0) is 11.8. The molecule has 1 rings (SSSR count). The van der Waals surface area contributed by atoms with Crippen LogP contribution in [-0.4, -0.2) is 18.2 Å². The molecule has 7 heteroatoms. The van der Waals surface area contributed by atoms with E-state index in [9.17, 15) is 8.42 Å². The minimum atomic E-state index is -3.84. The van der Waals surface area contributed by atoms with Crippen molar-refractivity contribution >= 4 is 31.3 Å². The molecule has 0 fully saturated rings. The van der Waals surface area contributed by atoms with Crippen LogP contribution in [0.1, 0.15) is 32.4 Å². The summed E-state index contributed by atoms with van der Waals surface area (Å²) in [4.78, 5) is -0.0670. The minimum absolute atomic E-state index is 0.0428. The molecule has 0 saturated carbocycles. The molecule has 86 valence electrons. The van der Waals surface area contributed by atoms with E-state index in [1.54, 1.807) is 0 Å². The van der Waals surface area contributed by atoms with Crippen LogP contribution in [0, 0.1) is 0 Å². The van der Waals surface area contributed by atoms with E-state index in [0.717, 1.165) is 0 Å². The van der Waals surface area contributed by atoms with Crippen LogP contribution in [0.15, 0.2) is 4.90 Å². The van der Waals surface area contributed by atoms with Gasteiger partial charge >= 0.3 is 0 Å². The zero-order valence-electron chi connectivity index (χ0n) is 8.66. The Morgan fingerprint density at radius 1 is 1.47 bits per heavy atom. The monoisotopic (exact) mass is 270 g/mol. The highest BCUT2D eigenvalue weighted by Gasteiger charge is 2.27. The highest BCUT2D eigenvalue weighted by Crippen LogP contribution is 2.32. The topological polar surface area (TPSA) is 52.0 Å². The molecule has 0 aliphatic heterocycles. The summed E-state index contributed by atoms with van der Waals surface area (Å²) >= 11 is 5.90. The van der Waals surface area contributed by atoms with E-state index >= 15 is 0 Å². The third kappa shape index (κ3) is 2.46. The van der Waals surface area contributed by atoms with Crippen molar-refractivity contribution in [2.24, 2.45) is 0 Å². The maximum Gasteiger partial charge on any atom is 0.266 e. The van der Waals surface area contributed by atoms with Crippen molar-refractivity contribution in [2.75, 3.05) is 0 Å². The highest BCUT2D eigenvalue weighted by molar-refractivity contribution is 8.13. The van der Waals surface area contributed by atoms with Crippen molar-refractivity contribution in [1.29, 1.82) is 0 Å². The van der Waals surface area contributed by atoms with Crippen LogP contribution in [0.2, 0.25) is 5.15 Å². The lowest BCUT2D eigenvalue weighted by atomic mass is 10.1. The van der Waals surface area contributed by atoms with E-state index in [4.69, 9.17) is 22.3 Å². The largest absolute Gasteiger partial charge is 0.266 e. The molecule has 0 atom stereocenters. The van der Waals surface area contributed by atoms with Gasteiger partial charge in [-0.25, -0.2) is 8.42 Å². The Balaban J connectivity index is 3.53. The Morgan fingerprint density at radius 3 is 2.27 bits per heavy atom. The second-order valence-corrected chi connectivity index (χ2v) is 6.27. The molecule has 0 aliphatic rings. The molecule has 0 saturated heterocycles. The summed E-state index contributed by atoms with van der Waals surface area (Å²) < 4.78 is 24.1. The van der Waals surface area contributed by atoms with E-state index in [1.165, 1.54) is 4.68 Å². The Labute approximate surface area is 98.6 Å². The molecule has 0 unspecified atom stereocenters. The van der Waals surface area contributed by atoms with Crippen molar-refractivity contribution in [2.45, 2.75) is 38.1 Å². The van der Waals surface area contributed by atoms with Gasteiger partial charge in [0.2, 0.25) is 0 Å². The van der Waals surface area contributed by atoms with E-state index in [1.807, 2.05) is 20.8 Å². The van der Waals surface area contributed by atoms with Crippen LogP contribution in [0.25, 0.3) is 0 Å². The fourth-order valence-corrected chi connectivity index (χ4v) is 3.22. The van der Waals surface area contributed by atoms with Crippen LogP contribution in [0.3, 0.4) is 0 Å². The SMILES string of the molecule is CCn1nc(C(C)C)c(S(=O)(=O)Cl)c1Cl. The Morgan fingerprint density at radius 2 is 2.00 bits per heavy atom. The Bertz CT molecular complexity index is 465. The minimum Gasteiger partial charge on any atom is -0.253 e. The maximum absolute atomic E-state index is 11.3. The summed E-state index contributed by atoms with van der Waals surface area (Å²) in [6, 6.07) is 0. The molecule has 0 amide bonds. The van der Waals surface area contributed by atoms with Crippen LogP contribution in [-0.2, 0) is 15.6 Å². The predicted molar refractivity (Wildman–Crippen MR) is 60.0 cm³/mol. The number of rotatable bonds is 3. The van der Waals surface area contributed by atoms with E-state index in [2.05, 4.69) is 5.10 Å². The zero-order valence-corrected chi connectivity index (χ0v) is 11.0. The van der Waals surface area contributed by atoms with E-state index < -0.39 is 9.05 Å². The summed E-state index contributed by atoms with van der Waals surface area (Å²) in [5.74, 6) is -0.0428. The smallest absolute Gasteiger partial charge is 0.253 e. The first-order valence-electron chi connectivity index (χ1n) is 4.49. The number of hydrogen-bond acceptors (Lipinski definition) is 3. The highest BCUT2D eigenvalue weighted by atomic mass is 35.7. The lowest BCUT2D eigenvalue weighted by molar-refractivity contribution is 0.607. The van der Waals surface area contributed by atoms with Gasteiger partial charge in [0, 0.05) is 17.2 Å². The van der Waals surface area contributed by atoms with Crippen LogP contribution >= 0.6 is 22.3 Å². The summed E-state index contributed by atoms with van der Waals surface area (Å²) in [6.07, 6.45) is 0. The second kappa shape index (κ2) is 4.31. The Hall–Kier alpha value is -0.260. The number of aryl methyl sites for hydroxylation is 1. The first kappa shape index (κ1) is 12.8. The van der Waals surface area contributed by atoms with E-state index in [-0.39, 0.29) is 16.0 Å². The first-order valence-corrected chi connectivity index (χ1v) is 7.18. The summed E-state index contributed by atoms with van der Waals surface area (Å²) in [7, 11) is 1.48. The number of hydrogen-bond donors (Lipinski definition) is 0. The molecule has 0 aromatic carbocycles. The lowest BCUT2D eigenvalue weighted by Crippen LogP contribution is -1.98. The van der Waals surface area contributed by atoms with Gasteiger partial charge < -0.3 is 0 Å². The number of halogens is 2. The standard InChI is InChI=1S/C8H12Cl2N2O2S/c1-4-12-8(9)7(15(10,13)14)6(11-12)5(2)3/h5H,4H2,1-3H3. The predicted octanol–water partition coefficient (Wildman–Crippen LogP) is 2.61. The van der Waals surface area contributed by atoms with Crippen molar-refractivity contribution in [3.63, 3.8) is 0 Å². The number of aromatic nitrogens is 2. The molecule has 1 aromatic rings. The molecule has 0 aliphatic carbocycles. The molecule has 1 heterocycles. The fourth-order valence-electron chi connectivity index (χ4n) is 1.25. The van der Waals surface area contributed by atoms with Crippen molar-refractivity contribution in [3.8, 4) is 0 Å². The first-order chi connectivity index (χ1) is 6.79. The van der Waals surface area contributed by atoms with Gasteiger partial charge in [0.05, 0.1) is 5.69 Å². The molecule has 1 aromatic heterocycles. The van der Waals surface area contributed by atoms with Gasteiger partial charge in [0.15, 0.2) is 0 Å².